The predicted molar refractivity (Wildman–Crippen MR) is 115 cm³/mol. The van der Waals surface area contributed by atoms with Crippen LogP contribution >= 0.6 is 0 Å². The van der Waals surface area contributed by atoms with Crippen molar-refractivity contribution in [3.8, 4) is 0 Å². The number of Topliss-reactive ketones (excluding diaryl/α,β-unsaturated/α-hetero) is 2. The summed E-state index contributed by atoms with van der Waals surface area (Å²) in [5.74, 6) is -1.39. The summed E-state index contributed by atoms with van der Waals surface area (Å²) in [6.07, 6.45) is 5.96. The number of primary amides is 1. The lowest BCUT2D eigenvalue weighted by atomic mass is 9.91. The third-order valence-corrected chi connectivity index (χ3v) is 5.09. The van der Waals surface area contributed by atoms with Gasteiger partial charge in [0, 0.05) is 45.1 Å². The fourth-order valence-electron chi connectivity index (χ4n) is 3.14. The average Bonchev–Trinajstić information content (AvgIpc) is 2.70. The van der Waals surface area contributed by atoms with Gasteiger partial charge in [0.1, 0.15) is 5.78 Å². The van der Waals surface area contributed by atoms with E-state index >= 15 is 0 Å². The second kappa shape index (κ2) is 16.5. The van der Waals surface area contributed by atoms with Crippen LogP contribution in [-0.2, 0) is 24.0 Å². The zero-order valence-corrected chi connectivity index (χ0v) is 18.8. The van der Waals surface area contributed by atoms with Crippen LogP contribution in [0.4, 0.5) is 0 Å². The van der Waals surface area contributed by atoms with Gasteiger partial charge in [-0.1, -0.05) is 33.1 Å². The second-order valence-electron chi connectivity index (χ2n) is 7.71. The Balaban J connectivity index is 4.64. The third kappa shape index (κ3) is 13.8. The van der Waals surface area contributed by atoms with E-state index in [1.807, 2.05) is 6.92 Å². The fourth-order valence-corrected chi connectivity index (χ4v) is 3.14. The standard InChI is InChI=1S/C22H39N3O5/c1-4-18(27)12-7-6-8-13-19(25-21(29)5-2)20(28)15-17(22(23)30)11-9-10-14-24-16(3)26/h17,19H,4-15H2,1-3H3,(H2,23,30)(H,24,26)(H,25,29). The van der Waals surface area contributed by atoms with Gasteiger partial charge in [-0.05, 0) is 25.7 Å². The van der Waals surface area contributed by atoms with E-state index in [1.165, 1.54) is 6.92 Å². The highest BCUT2D eigenvalue weighted by Gasteiger charge is 2.25. The lowest BCUT2D eigenvalue weighted by Gasteiger charge is -2.20. The Morgan fingerprint density at radius 2 is 1.53 bits per heavy atom. The molecule has 0 radical (unpaired) electrons. The minimum absolute atomic E-state index is 0.00154. The first-order valence-electron chi connectivity index (χ1n) is 11.1. The molecule has 0 aromatic rings. The lowest BCUT2D eigenvalue weighted by molar-refractivity contribution is -0.130. The highest BCUT2D eigenvalue weighted by Crippen LogP contribution is 2.16. The van der Waals surface area contributed by atoms with E-state index in [1.54, 1.807) is 6.92 Å². The quantitative estimate of drug-likeness (QED) is 0.289. The first-order valence-corrected chi connectivity index (χ1v) is 11.1. The highest BCUT2D eigenvalue weighted by molar-refractivity contribution is 5.92. The molecule has 8 nitrogen and oxygen atoms in total. The zero-order chi connectivity index (χ0) is 22.9. The molecule has 2 atom stereocenters. The summed E-state index contributed by atoms with van der Waals surface area (Å²) in [6, 6.07) is -0.638. The molecule has 8 heteroatoms. The van der Waals surface area contributed by atoms with Crippen LogP contribution in [-0.4, -0.2) is 41.9 Å². The number of ketones is 2. The number of hydrogen-bond acceptors (Lipinski definition) is 5. The highest BCUT2D eigenvalue weighted by atomic mass is 16.2. The second-order valence-corrected chi connectivity index (χ2v) is 7.71. The molecule has 0 aromatic carbocycles. The first-order chi connectivity index (χ1) is 14.2. The van der Waals surface area contributed by atoms with E-state index in [0.29, 0.717) is 45.1 Å². The van der Waals surface area contributed by atoms with Crippen molar-refractivity contribution in [3.63, 3.8) is 0 Å². The Bertz CT molecular complexity index is 577. The molecule has 4 N–H and O–H groups in total. The topological polar surface area (TPSA) is 135 Å². The van der Waals surface area contributed by atoms with Crippen LogP contribution in [0.5, 0.6) is 0 Å². The van der Waals surface area contributed by atoms with Gasteiger partial charge in [0.25, 0.3) is 0 Å². The molecule has 0 aromatic heterocycles. The summed E-state index contributed by atoms with van der Waals surface area (Å²) < 4.78 is 0. The smallest absolute Gasteiger partial charge is 0.220 e. The predicted octanol–water partition coefficient (Wildman–Crippen LogP) is 2.18. The minimum Gasteiger partial charge on any atom is -0.369 e. The van der Waals surface area contributed by atoms with Crippen LogP contribution in [0.25, 0.3) is 0 Å². The fraction of sp³-hybridized carbons (Fsp3) is 0.773. The van der Waals surface area contributed by atoms with Gasteiger partial charge < -0.3 is 16.4 Å². The van der Waals surface area contributed by atoms with Crippen molar-refractivity contribution in [2.45, 2.75) is 97.4 Å². The van der Waals surface area contributed by atoms with E-state index in [4.69, 9.17) is 5.73 Å². The summed E-state index contributed by atoms with van der Waals surface area (Å²) in [6.45, 7) is 5.52. The number of rotatable bonds is 18. The van der Waals surface area contributed by atoms with Gasteiger partial charge in [0.2, 0.25) is 17.7 Å². The largest absolute Gasteiger partial charge is 0.369 e. The van der Waals surface area contributed by atoms with E-state index in [2.05, 4.69) is 10.6 Å². The number of amides is 3. The van der Waals surface area contributed by atoms with Gasteiger partial charge in [-0.3, -0.25) is 24.0 Å². The van der Waals surface area contributed by atoms with Crippen molar-refractivity contribution in [1.29, 1.82) is 0 Å². The monoisotopic (exact) mass is 425 g/mol. The molecule has 0 aliphatic heterocycles. The Morgan fingerprint density at radius 1 is 0.867 bits per heavy atom. The van der Waals surface area contributed by atoms with E-state index in [9.17, 15) is 24.0 Å². The van der Waals surface area contributed by atoms with Crippen LogP contribution in [0.15, 0.2) is 0 Å². The molecule has 0 heterocycles. The molecule has 30 heavy (non-hydrogen) atoms. The van der Waals surface area contributed by atoms with Crippen LogP contribution in [0, 0.1) is 5.92 Å². The van der Waals surface area contributed by atoms with E-state index < -0.39 is 17.9 Å². The van der Waals surface area contributed by atoms with Crippen LogP contribution in [0.1, 0.15) is 91.4 Å². The van der Waals surface area contributed by atoms with Gasteiger partial charge >= 0.3 is 0 Å². The molecule has 0 saturated heterocycles. The molecule has 0 aliphatic rings. The van der Waals surface area contributed by atoms with Crippen LogP contribution < -0.4 is 16.4 Å². The first kappa shape index (κ1) is 27.8. The maximum absolute atomic E-state index is 12.8. The van der Waals surface area contributed by atoms with Crippen molar-refractivity contribution in [1.82, 2.24) is 10.6 Å². The molecule has 0 aliphatic carbocycles. The molecule has 0 spiro atoms. The Kier molecular flexibility index (Phi) is 15.3. The molecule has 3 amide bonds. The van der Waals surface area contributed by atoms with Crippen LogP contribution in [0.2, 0.25) is 0 Å². The Labute approximate surface area is 180 Å². The van der Waals surface area contributed by atoms with E-state index in [-0.39, 0.29) is 36.2 Å². The SMILES string of the molecule is CCC(=O)CCCCCC(NC(=O)CC)C(=O)CC(CCCCNC(C)=O)C(N)=O. The molecule has 0 rings (SSSR count). The molecule has 0 fully saturated rings. The maximum atomic E-state index is 12.8. The van der Waals surface area contributed by atoms with Crippen molar-refractivity contribution < 1.29 is 24.0 Å². The Hall–Kier alpha value is -2.25. The summed E-state index contributed by atoms with van der Waals surface area (Å²) in [7, 11) is 0. The van der Waals surface area contributed by atoms with Crippen molar-refractivity contribution >= 4 is 29.3 Å². The number of hydrogen-bond donors (Lipinski definition) is 3. The summed E-state index contributed by atoms with van der Waals surface area (Å²) >= 11 is 0. The zero-order valence-electron chi connectivity index (χ0n) is 18.8. The molecular formula is C22H39N3O5. The normalized spacial score (nSPS) is 12.6. The maximum Gasteiger partial charge on any atom is 0.220 e. The van der Waals surface area contributed by atoms with Gasteiger partial charge in [-0.25, -0.2) is 0 Å². The number of nitrogens with two attached hydrogens (primary N) is 1. The van der Waals surface area contributed by atoms with Crippen molar-refractivity contribution in [3.05, 3.63) is 0 Å². The third-order valence-electron chi connectivity index (χ3n) is 5.09. The lowest BCUT2D eigenvalue weighted by Crippen LogP contribution is -2.42. The van der Waals surface area contributed by atoms with Gasteiger partial charge in [-0.2, -0.15) is 0 Å². The summed E-state index contributed by atoms with van der Waals surface area (Å²) in [4.78, 5) is 58.6. The summed E-state index contributed by atoms with van der Waals surface area (Å²) in [5, 5.41) is 5.44. The number of nitrogens with one attached hydrogen (secondary N) is 2. The minimum atomic E-state index is -0.638. The van der Waals surface area contributed by atoms with Gasteiger partial charge in [0.05, 0.1) is 6.04 Å². The van der Waals surface area contributed by atoms with Crippen LogP contribution in [0.3, 0.4) is 0 Å². The van der Waals surface area contributed by atoms with Crippen molar-refractivity contribution in [2.24, 2.45) is 11.7 Å². The molecule has 172 valence electrons. The molecular weight excluding hydrogens is 386 g/mol. The molecule has 0 bridgehead atoms. The van der Waals surface area contributed by atoms with Crippen molar-refractivity contribution in [2.75, 3.05) is 6.54 Å². The number of carbonyl (C=O) groups is 5. The summed E-state index contributed by atoms with van der Waals surface area (Å²) in [5.41, 5.74) is 5.48. The molecule has 0 saturated carbocycles. The van der Waals surface area contributed by atoms with Gasteiger partial charge in [-0.15, -0.1) is 0 Å². The average molecular weight is 426 g/mol. The Morgan fingerprint density at radius 3 is 2.10 bits per heavy atom. The van der Waals surface area contributed by atoms with E-state index in [0.717, 1.165) is 19.3 Å². The number of unbranched alkanes of at least 4 members (excludes halogenated alkanes) is 3. The number of carbonyl (C=O) groups excluding carboxylic acids is 5. The molecule has 2 unspecified atom stereocenters. The van der Waals surface area contributed by atoms with Gasteiger partial charge in [0.15, 0.2) is 5.78 Å².